The van der Waals surface area contributed by atoms with Crippen molar-refractivity contribution in [1.82, 2.24) is 0 Å². The van der Waals surface area contributed by atoms with Crippen LogP contribution >= 0.6 is 0 Å². The van der Waals surface area contributed by atoms with Crippen molar-refractivity contribution < 1.29 is 35.5 Å². The molecular formula is C16H21F7O. The molecule has 0 spiro atoms. The minimum atomic E-state index is -4.22. The molecule has 0 aliphatic heterocycles. The summed E-state index contributed by atoms with van der Waals surface area (Å²) < 4.78 is 101. The van der Waals surface area contributed by atoms with Gasteiger partial charge in [-0.05, 0) is 25.7 Å². The second-order valence-corrected chi connectivity index (χ2v) is 6.56. The Hall–Kier alpha value is -0.790. The van der Waals surface area contributed by atoms with Gasteiger partial charge in [-0.15, -0.1) is 0 Å². The zero-order valence-electron chi connectivity index (χ0n) is 13.2. The lowest BCUT2D eigenvalue weighted by atomic mass is 9.78. The molecule has 2 fully saturated rings. The zero-order valence-corrected chi connectivity index (χ0v) is 13.2. The Balaban J connectivity index is 2.04. The summed E-state index contributed by atoms with van der Waals surface area (Å²) in [7, 11) is 0. The molecule has 24 heavy (non-hydrogen) atoms. The summed E-state index contributed by atoms with van der Waals surface area (Å²) in [6, 6.07) is 0. The van der Waals surface area contributed by atoms with E-state index in [-0.39, 0.29) is 12.8 Å². The molecular weight excluding hydrogens is 341 g/mol. The predicted octanol–water partition coefficient (Wildman–Crippen LogP) is 5.05. The first-order chi connectivity index (χ1) is 11.2. The fraction of sp³-hybridized carbons (Fsp3) is 0.875. The third-order valence-electron chi connectivity index (χ3n) is 4.68. The summed E-state index contributed by atoms with van der Waals surface area (Å²) in [5.41, 5.74) is 0. The summed E-state index contributed by atoms with van der Waals surface area (Å²) in [4.78, 5) is 0. The van der Waals surface area contributed by atoms with Gasteiger partial charge < -0.3 is 4.74 Å². The maximum absolute atomic E-state index is 14.2. The second kappa shape index (κ2) is 7.62. The summed E-state index contributed by atoms with van der Waals surface area (Å²) in [5, 5.41) is 0. The van der Waals surface area contributed by atoms with E-state index in [0.29, 0.717) is 0 Å². The number of alkyl halides is 7. The lowest BCUT2D eigenvalue weighted by Gasteiger charge is -2.40. The van der Waals surface area contributed by atoms with Gasteiger partial charge in [0.2, 0.25) is 0 Å². The van der Waals surface area contributed by atoms with Gasteiger partial charge in [0.15, 0.2) is 6.17 Å². The Kier molecular flexibility index (Phi) is 6.20. The Morgan fingerprint density at radius 3 is 1.79 bits per heavy atom. The minimum absolute atomic E-state index is 0.275. The maximum Gasteiger partial charge on any atom is 0.364 e. The molecule has 0 bridgehead atoms. The van der Waals surface area contributed by atoms with Gasteiger partial charge in [-0.25, -0.2) is 22.0 Å². The van der Waals surface area contributed by atoms with E-state index >= 15 is 0 Å². The van der Waals surface area contributed by atoms with Crippen LogP contribution in [0.3, 0.4) is 0 Å². The van der Waals surface area contributed by atoms with Gasteiger partial charge in [-0.1, -0.05) is 12.2 Å². The van der Waals surface area contributed by atoms with E-state index in [9.17, 15) is 30.7 Å². The number of allylic oxidation sites excluding steroid dienone is 2. The van der Waals surface area contributed by atoms with E-state index in [2.05, 4.69) is 4.74 Å². The lowest BCUT2D eigenvalue weighted by molar-refractivity contribution is -0.322. The Morgan fingerprint density at radius 2 is 1.33 bits per heavy atom. The van der Waals surface area contributed by atoms with Crippen LogP contribution in [0.4, 0.5) is 30.7 Å². The van der Waals surface area contributed by atoms with Crippen molar-refractivity contribution in [1.29, 1.82) is 0 Å². The van der Waals surface area contributed by atoms with Crippen LogP contribution in [0.25, 0.3) is 0 Å². The average molecular weight is 362 g/mol. The number of halogens is 7. The van der Waals surface area contributed by atoms with Crippen LogP contribution in [0.1, 0.15) is 32.6 Å². The highest BCUT2D eigenvalue weighted by molar-refractivity contribution is 4.98. The fourth-order valence-electron chi connectivity index (χ4n) is 3.53. The largest absolute Gasteiger partial charge is 0.364 e. The molecule has 2 aliphatic carbocycles. The molecule has 0 radical (unpaired) electrons. The highest BCUT2D eigenvalue weighted by atomic mass is 19.3. The Bertz CT molecular complexity index is 420. The molecule has 8 heteroatoms. The van der Waals surface area contributed by atoms with Gasteiger partial charge in [-0.2, -0.15) is 8.78 Å². The van der Waals surface area contributed by atoms with Crippen molar-refractivity contribution >= 4 is 0 Å². The monoisotopic (exact) mass is 362 g/mol. The average Bonchev–Trinajstić information content (AvgIpc) is 2.43. The molecule has 0 amide bonds. The van der Waals surface area contributed by atoms with Crippen molar-refractivity contribution in [3.8, 4) is 0 Å². The van der Waals surface area contributed by atoms with Gasteiger partial charge in [-0.3, -0.25) is 0 Å². The Labute approximate surface area is 136 Å². The van der Waals surface area contributed by atoms with E-state index in [1.165, 1.54) is 0 Å². The van der Waals surface area contributed by atoms with Crippen molar-refractivity contribution in [2.45, 2.75) is 75.7 Å². The molecule has 0 aromatic heterocycles. The van der Waals surface area contributed by atoms with Crippen molar-refractivity contribution in [3.63, 3.8) is 0 Å². The molecule has 4 atom stereocenters. The molecule has 0 aromatic carbocycles. The van der Waals surface area contributed by atoms with E-state index in [4.69, 9.17) is 0 Å². The molecule has 0 N–H and O–H groups in total. The topological polar surface area (TPSA) is 9.23 Å². The molecule has 0 aromatic rings. The molecule has 1 nitrogen and oxygen atoms in total. The molecule has 4 unspecified atom stereocenters. The molecule has 0 saturated heterocycles. The highest BCUT2D eigenvalue weighted by Crippen LogP contribution is 2.45. The SMILES string of the molecule is C/C=C/C1CC(F)C(C(F)(F)OC2CC(F)C(F)C(F)C2)C(F)C1. The number of hydrogen-bond acceptors (Lipinski definition) is 1. The number of ether oxygens (including phenoxy) is 1. The van der Waals surface area contributed by atoms with Crippen LogP contribution in [0, 0.1) is 11.8 Å². The third kappa shape index (κ3) is 4.24. The normalized spacial score (nSPS) is 44.8. The van der Waals surface area contributed by atoms with Gasteiger partial charge in [0, 0.05) is 12.8 Å². The second-order valence-electron chi connectivity index (χ2n) is 6.56. The van der Waals surface area contributed by atoms with Crippen LogP contribution in [-0.4, -0.2) is 43.1 Å². The Morgan fingerprint density at radius 1 is 0.833 bits per heavy atom. The summed E-state index contributed by atoms with van der Waals surface area (Å²) in [5.74, 6) is -2.82. The van der Waals surface area contributed by atoms with Crippen molar-refractivity contribution in [3.05, 3.63) is 12.2 Å². The van der Waals surface area contributed by atoms with E-state index < -0.39 is 67.7 Å². The first-order valence-corrected chi connectivity index (χ1v) is 8.04. The van der Waals surface area contributed by atoms with Gasteiger partial charge in [0.25, 0.3) is 0 Å². The van der Waals surface area contributed by atoms with Crippen LogP contribution in [-0.2, 0) is 4.74 Å². The predicted molar refractivity (Wildman–Crippen MR) is 74.6 cm³/mol. The first-order valence-electron chi connectivity index (χ1n) is 8.04. The van der Waals surface area contributed by atoms with Gasteiger partial charge in [0.05, 0.1) is 6.10 Å². The third-order valence-corrected chi connectivity index (χ3v) is 4.68. The smallest absolute Gasteiger partial charge is 0.317 e. The molecule has 2 rings (SSSR count). The first kappa shape index (κ1) is 19.5. The summed E-state index contributed by atoms with van der Waals surface area (Å²) in [6.07, 6.45) is -16.0. The van der Waals surface area contributed by atoms with Gasteiger partial charge in [0.1, 0.15) is 30.6 Å². The standard InChI is InChI=1S/C16H21F7O/c1-2-3-8-4-10(17)14(11(18)5-8)16(22,23)24-9-6-12(19)15(21)13(20)7-9/h2-3,8-15H,4-7H2,1H3/b3-2+. The number of rotatable bonds is 4. The van der Waals surface area contributed by atoms with E-state index in [1.54, 1.807) is 19.1 Å². The van der Waals surface area contributed by atoms with Crippen LogP contribution in [0.5, 0.6) is 0 Å². The van der Waals surface area contributed by atoms with Crippen LogP contribution in [0.15, 0.2) is 12.2 Å². The van der Waals surface area contributed by atoms with Crippen molar-refractivity contribution in [2.24, 2.45) is 11.8 Å². The molecule has 2 saturated carbocycles. The van der Waals surface area contributed by atoms with E-state index in [0.717, 1.165) is 0 Å². The zero-order chi connectivity index (χ0) is 18.1. The van der Waals surface area contributed by atoms with E-state index in [1.807, 2.05) is 0 Å². The lowest BCUT2D eigenvalue weighted by Crippen LogP contribution is -2.51. The van der Waals surface area contributed by atoms with Crippen LogP contribution < -0.4 is 0 Å². The highest BCUT2D eigenvalue weighted by Gasteiger charge is 2.55. The minimum Gasteiger partial charge on any atom is -0.317 e. The summed E-state index contributed by atoms with van der Waals surface area (Å²) in [6.45, 7) is 1.66. The maximum atomic E-state index is 14.2. The summed E-state index contributed by atoms with van der Waals surface area (Å²) >= 11 is 0. The van der Waals surface area contributed by atoms with Crippen LogP contribution in [0.2, 0.25) is 0 Å². The molecule has 2 aliphatic rings. The fourth-order valence-corrected chi connectivity index (χ4v) is 3.53. The number of hydrogen-bond donors (Lipinski definition) is 0. The van der Waals surface area contributed by atoms with Gasteiger partial charge >= 0.3 is 6.11 Å². The van der Waals surface area contributed by atoms with Crippen molar-refractivity contribution in [2.75, 3.05) is 0 Å². The quantitative estimate of drug-likeness (QED) is 0.502. The molecule has 0 heterocycles. The molecule has 140 valence electrons.